The van der Waals surface area contributed by atoms with Crippen LogP contribution in [-0.4, -0.2) is 64.4 Å². The summed E-state index contributed by atoms with van der Waals surface area (Å²) in [6.45, 7) is 10.3. The number of benzene rings is 2. The summed E-state index contributed by atoms with van der Waals surface area (Å²) >= 11 is 0. The molecule has 49 heavy (non-hydrogen) atoms. The lowest BCUT2D eigenvalue weighted by atomic mass is 9.81. The summed E-state index contributed by atoms with van der Waals surface area (Å²) in [5.41, 5.74) is -2.91. The number of hydrogen-bond donors (Lipinski definition) is 0. The third kappa shape index (κ3) is 7.44. The number of amides is 2. The molecule has 0 saturated carbocycles. The van der Waals surface area contributed by atoms with E-state index in [-0.39, 0.29) is 39.8 Å². The first-order chi connectivity index (χ1) is 22.8. The van der Waals surface area contributed by atoms with Gasteiger partial charge in [0.1, 0.15) is 22.8 Å². The second-order valence-corrected chi connectivity index (χ2v) is 13.3. The molecule has 2 aromatic carbocycles. The van der Waals surface area contributed by atoms with Gasteiger partial charge in [-0.15, -0.1) is 27.2 Å². The van der Waals surface area contributed by atoms with E-state index in [4.69, 9.17) is 19.5 Å². The summed E-state index contributed by atoms with van der Waals surface area (Å²) in [5, 5.41) is 12.1. The molecule has 1 aromatic heterocycles. The summed E-state index contributed by atoms with van der Waals surface area (Å²) in [5.74, 6) is -1.53. The largest absolute Gasteiger partial charge is 0.617 e. The first-order valence-electron chi connectivity index (χ1n) is 15.3. The van der Waals surface area contributed by atoms with Crippen molar-refractivity contribution >= 4 is 24.0 Å². The molecule has 3 aromatic rings. The Morgan fingerprint density at radius 1 is 0.918 bits per heavy atom. The lowest BCUT2D eigenvalue weighted by Crippen LogP contribution is -2.54. The molecule has 0 saturated heterocycles. The molecule has 1 atom stereocenters. The van der Waals surface area contributed by atoms with E-state index in [0.29, 0.717) is 23.4 Å². The number of ether oxygens (including phenoxy) is 3. The topological polar surface area (TPSA) is 120 Å². The number of nitrogens with zero attached hydrogens (tertiary/aromatic N) is 5. The number of aromatic nitrogens is 1. The molecule has 5 rings (SSSR count). The average molecular weight is 686 g/mol. The molecule has 3 heterocycles. The number of fused-ring (bicyclic) bond motifs is 1. The molecule has 11 nitrogen and oxygen atoms in total. The van der Waals surface area contributed by atoms with Gasteiger partial charge < -0.3 is 19.4 Å². The number of aliphatic imine (C=N–C) groups is 2. The summed E-state index contributed by atoms with van der Waals surface area (Å²) in [4.78, 5) is 39.5. The molecular formula is C34H35F4N5O6. The molecular weight excluding hydrogens is 650 g/mol. The van der Waals surface area contributed by atoms with E-state index in [1.807, 2.05) is 0 Å². The van der Waals surface area contributed by atoms with Crippen LogP contribution in [0.3, 0.4) is 0 Å². The zero-order valence-corrected chi connectivity index (χ0v) is 27.7. The summed E-state index contributed by atoms with van der Waals surface area (Å²) in [7, 11) is 0. The van der Waals surface area contributed by atoms with Crippen LogP contribution in [0.1, 0.15) is 59.1 Å². The summed E-state index contributed by atoms with van der Waals surface area (Å²) in [6, 6.07) is 14.1. The van der Waals surface area contributed by atoms with Crippen molar-refractivity contribution in [1.82, 2.24) is 9.80 Å². The van der Waals surface area contributed by atoms with Crippen molar-refractivity contribution in [2.24, 2.45) is 9.98 Å². The van der Waals surface area contributed by atoms with E-state index < -0.39 is 47.0 Å². The number of carbonyl (C=O) groups is 2. The van der Waals surface area contributed by atoms with Crippen molar-refractivity contribution in [3.8, 4) is 16.9 Å². The number of halogens is 4. The quantitative estimate of drug-likeness (QED) is 0.127. The van der Waals surface area contributed by atoms with Crippen molar-refractivity contribution in [1.29, 1.82) is 0 Å². The van der Waals surface area contributed by atoms with Crippen molar-refractivity contribution in [3.05, 3.63) is 89.1 Å². The molecule has 0 radical (unpaired) electrons. The third-order valence-electron chi connectivity index (χ3n) is 7.24. The normalized spacial score (nSPS) is 17.9. The number of hydrogen-bond acceptors (Lipinski definition) is 9. The Morgan fingerprint density at radius 2 is 1.55 bits per heavy atom. The SMILES string of the molecule is CC(C)(C)OC(=O)N(C(=O)OC(C)(C)C)C1=NC(c2ccc(OC(F)(F)F)cc2)(c2cccc(-c3ccc[n+]([O-])c3F)c2)C2=NCCCN12. The Hall–Kier alpha value is -5.21. The molecule has 0 N–H and O–H groups in total. The fourth-order valence-electron chi connectivity index (χ4n) is 5.44. The Bertz CT molecular complexity index is 1790. The lowest BCUT2D eigenvalue weighted by molar-refractivity contribution is -0.636. The number of rotatable bonds is 4. The van der Waals surface area contributed by atoms with Gasteiger partial charge >= 0.3 is 24.5 Å². The predicted octanol–water partition coefficient (Wildman–Crippen LogP) is 6.91. The molecule has 2 amide bonds. The minimum absolute atomic E-state index is 0.0304. The minimum atomic E-state index is -4.95. The molecule has 0 spiro atoms. The summed E-state index contributed by atoms with van der Waals surface area (Å²) in [6.07, 6.45) is -5.62. The third-order valence-corrected chi connectivity index (χ3v) is 7.24. The predicted molar refractivity (Wildman–Crippen MR) is 170 cm³/mol. The second-order valence-electron chi connectivity index (χ2n) is 13.3. The van der Waals surface area contributed by atoms with Gasteiger partial charge in [-0.25, -0.2) is 14.6 Å². The lowest BCUT2D eigenvalue weighted by Gasteiger charge is -2.34. The molecule has 0 aliphatic carbocycles. The maximum atomic E-state index is 15.1. The smallest absolute Gasteiger partial charge is 0.573 e. The van der Waals surface area contributed by atoms with Crippen LogP contribution in [0.25, 0.3) is 11.1 Å². The molecule has 260 valence electrons. The van der Waals surface area contributed by atoms with E-state index in [1.54, 1.807) is 70.7 Å². The number of carbonyl (C=O) groups excluding carboxylic acids is 2. The van der Waals surface area contributed by atoms with E-state index >= 15 is 4.39 Å². The Balaban J connectivity index is 1.79. The number of alkyl halides is 3. The van der Waals surface area contributed by atoms with E-state index in [2.05, 4.69) is 4.74 Å². The second kappa shape index (κ2) is 12.7. The van der Waals surface area contributed by atoms with Gasteiger partial charge in [0.25, 0.3) is 0 Å². The van der Waals surface area contributed by atoms with Crippen molar-refractivity contribution in [2.75, 3.05) is 13.1 Å². The van der Waals surface area contributed by atoms with E-state index in [9.17, 15) is 28.0 Å². The highest BCUT2D eigenvalue weighted by Crippen LogP contribution is 2.44. The highest BCUT2D eigenvalue weighted by Gasteiger charge is 2.54. The van der Waals surface area contributed by atoms with Gasteiger partial charge in [-0.3, -0.25) is 9.89 Å². The zero-order valence-electron chi connectivity index (χ0n) is 27.7. The van der Waals surface area contributed by atoms with Crippen LogP contribution in [0, 0.1) is 11.2 Å². The maximum Gasteiger partial charge on any atom is 0.573 e. The number of guanidine groups is 1. The van der Waals surface area contributed by atoms with Crippen molar-refractivity contribution in [2.45, 2.75) is 71.1 Å². The highest BCUT2D eigenvalue weighted by molar-refractivity contribution is 6.19. The summed E-state index contributed by atoms with van der Waals surface area (Å²) < 4.78 is 69.7. The maximum absolute atomic E-state index is 15.1. The van der Waals surface area contributed by atoms with Gasteiger partial charge in [-0.05, 0) is 88.9 Å². The fraction of sp³-hybridized carbons (Fsp3) is 0.382. The van der Waals surface area contributed by atoms with Gasteiger partial charge in [0.15, 0.2) is 11.7 Å². The average Bonchev–Trinajstić information content (AvgIpc) is 3.32. The number of amidine groups is 1. The van der Waals surface area contributed by atoms with Gasteiger partial charge in [0.2, 0.25) is 5.96 Å². The van der Waals surface area contributed by atoms with Gasteiger partial charge in [-0.1, -0.05) is 30.3 Å². The van der Waals surface area contributed by atoms with Gasteiger partial charge in [-0.2, -0.15) is 0 Å². The first kappa shape index (κ1) is 35.1. The zero-order chi connectivity index (χ0) is 35.9. The highest BCUT2D eigenvalue weighted by atomic mass is 19.4. The molecule has 1 unspecified atom stereocenters. The minimum Gasteiger partial charge on any atom is -0.617 e. The van der Waals surface area contributed by atoms with Crippen LogP contribution in [0.5, 0.6) is 5.75 Å². The Kier molecular flexibility index (Phi) is 9.08. The standard InChI is InChI=1S/C34H35F4N5O6/c1-31(2,3)48-29(44)43(30(45)49-32(4,5)6)28-40-33(27-39-17-9-18-41(27)28,22-13-15-24(16-14-22)47-34(36,37)38)23-11-7-10-21(20-23)25-12-8-19-42(46)26(25)35/h7-8,10-16,19-20H,9,17-18H2,1-6H3. The van der Waals surface area contributed by atoms with Crippen LogP contribution >= 0.6 is 0 Å². The van der Waals surface area contributed by atoms with Gasteiger partial charge in [0, 0.05) is 19.2 Å². The van der Waals surface area contributed by atoms with E-state index in [0.717, 1.165) is 18.3 Å². The van der Waals surface area contributed by atoms with Crippen molar-refractivity contribution in [3.63, 3.8) is 0 Å². The van der Waals surface area contributed by atoms with E-state index in [1.165, 1.54) is 24.3 Å². The molecule has 2 aliphatic rings. The van der Waals surface area contributed by atoms with Crippen LogP contribution in [0.4, 0.5) is 27.2 Å². The molecule has 15 heteroatoms. The van der Waals surface area contributed by atoms with Crippen LogP contribution < -0.4 is 9.47 Å². The first-order valence-corrected chi connectivity index (χ1v) is 15.3. The Labute approximate surface area is 280 Å². The Morgan fingerprint density at radius 3 is 2.14 bits per heavy atom. The number of pyridine rings is 1. The number of imide groups is 1. The van der Waals surface area contributed by atoms with Gasteiger partial charge in [0.05, 0.1) is 5.56 Å². The fourth-order valence-corrected chi connectivity index (χ4v) is 5.44. The van der Waals surface area contributed by atoms with Crippen LogP contribution in [0.2, 0.25) is 0 Å². The molecule has 2 aliphatic heterocycles. The monoisotopic (exact) mass is 685 g/mol. The van der Waals surface area contributed by atoms with Crippen molar-refractivity contribution < 1.29 is 46.1 Å². The molecule has 0 bridgehead atoms. The van der Waals surface area contributed by atoms with Crippen LogP contribution in [-0.2, 0) is 15.0 Å². The van der Waals surface area contributed by atoms with Crippen LogP contribution in [0.15, 0.2) is 76.8 Å². The molecule has 0 fully saturated rings.